The van der Waals surface area contributed by atoms with Gasteiger partial charge in [-0.05, 0) is 5.57 Å². The highest BCUT2D eigenvalue weighted by Crippen LogP contribution is 2.40. The van der Waals surface area contributed by atoms with E-state index in [1.165, 1.54) is 0 Å². The van der Waals surface area contributed by atoms with E-state index in [-0.39, 0.29) is 0 Å². The monoisotopic (exact) mass is 122 g/mol. The first-order valence-corrected chi connectivity index (χ1v) is 1.95. The Balaban J connectivity index is 2.63. The van der Waals surface area contributed by atoms with Crippen molar-refractivity contribution in [2.75, 3.05) is 6.61 Å². The Kier molecular flexibility index (Phi) is 0.897. The van der Waals surface area contributed by atoms with Crippen LogP contribution in [0.3, 0.4) is 0 Å². The summed E-state index contributed by atoms with van der Waals surface area (Å²) in [5, 5.41) is 0. The molecule has 45 valence electrons. The zero-order valence-electron chi connectivity index (χ0n) is 3.83. The molecule has 0 spiro atoms. The number of alkyl halides is 3. The third kappa shape index (κ3) is 0.539. The second-order valence-corrected chi connectivity index (χ2v) is 1.67. The van der Waals surface area contributed by atoms with Crippen LogP contribution in [0.5, 0.6) is 0 Å². The summed E-state index contributed by atoms with van der Waals surface area (Å²) in [5.74, 6) is 0. The van der Waals surface area contributed by atoms with E-state index in [2.05, 4.69) is 12.6 Å². The zero-order valence-corrected chi connectivity index (χ0v) is 3.83. The van der Waals surface area contributed by atoms with Gasteiger partial charge in [0.2, 0.25) is 0 Å². The van der Waals surface area contributed by atoms with Crippen LogP contribution in [0, 0.1) is 0 Å². The van der Waals surface area contributed by atoms with E-state index in [4.69, 9.17) is 0 Å². The fourth-order valence-electron chi connectivity index (χ4n) is 0.319. The summed E-state index contributed by atoms with van der Waals surface area (Å²) < 4.78 is 38.6. The molecule has 1 fully saturated rings. The van der Waals surface area contributed by atoms with Gasteiger partial charge < -0.3 is 12.6 Å². The zero-order chi connectivity index (χ0) is 6.41. The minimum absolute atomic E-state index is 0.722. The molecule has 1 unspecified atom stereocenters. The van der Waals surface area contributed by atoms with Crippen molar-refractivity contribution in [2.24, 2.45) is 0 Å². The number of hydrogen-bond acceptors (Lipinski definition) is 1. The summed E-state index contributed by atoms with van der Waals surface area (Å²) in [6.07, 6.45) is -3.77. The molecule has 5 heteroatoms. The Bertz CT molecular complexity index is 99.1. The van der Waals surface area contributed by atoms with Gasteiger partial charge in [0.05, 0.1) is 6.61 Å². The van der Waals surface area contributed by atoms with Crippen LogP contribution in [0.2, 0.25) is 0 Å². The molecule has 0 N–H and O–H groups in total. The second kappa shape index (κ2) is 1.21. The Morgan fingerprint density at radius 2 is 1.75 bits per heavy atom. The van der Waals surface area contributed by atoms with Crippen molar-refractivity contribution in [1.29, 1.82) is 0 Å². The van der Waals surface area contributed by atoms with Crippen molar-refractivity contribution < 1.29 is 17.9 Å². The average molecular weight is 122 g/mol. The maximum atomic E-state index is 11.9. The molecule has 0 aliphatic carbocycles. The normalized spacial score (nSPS) is 43.5. The molecule has 0 aromatic rings. The molecule has 3 radical (unpaired) electrons. The van der Waals surface area contributed by atoms with Gasteiger partial charge >= 0.3 is 6.11 Å². The van der Waals surface area contributed by atoms with E-state index in [1.54, 1.807) is 0 Å². The summed E-state index contributed by atoms with van der Waals surface area (Å²) in [5.41, 5.74) is -2.94. The molecule has 1 rings (SSSR count). The summed E-state index contributed by atoms with van der Waals surface area (Å²) >= 11 is 0. The number of halogens is 3. The first-order chi connectivity index (χ1) is 3.46. The van der Waals surface area contributed by atoms with E-state index in [1.807, 2.05) is 0 Å². The highest BCUT2D eigenvalue weighted by atomic mass is 19.3. The fraction of sp³-hybridized carbons (Fsp3) is 1.00. The third-order valence-electron chi connectivity index (χ3n) is 0.947. The Labute approximate surface area is 45.2 Å². The van der Waals surface area contributed by atoms with Crippen molar-refractivity contribution in [3.05, 3.63) is 0 Å². The number of rotatable bonds is 0. The molecule has 0 aromatic carbocycles. The topological polar surface area (TPSA) is 9.23 Å². The van der Waals surface area contributed by atoms with Gasteiger partial charge in [0, 0.05) is 0 Å². The summed E-state index contributed by atoms with van der Waals surface area (Å²) in [7, 11) is 4.36. The molecule has 1 nitrogen and oxygen atoms in total. The van der Waals surface area contributed by atoms with Crippen LogP contribution < -0.4 is 0 Å². The molecule has 1 saturated heterocycles. The lowest BCUT2D eigenvalue weighted by Crippen LogP contribution is -2.61. The molecule has 1 aliphatic rings. The molecular weight excluding hydrogens is 120 g/mol. The first kappa shape index (κ1) is 5.94. The second-order valence-electron chi connectivity index (χ2n) is 1.67. The molecular formula is C3H2BF3O-. The largest absolute Gasteiger partial charge is 0.557 e. The molecule has 1 heterocycles. The lowest BCUT2D eigenvalue weighted by Gasteiger charge is -2.49. The average Bonchev–Trinajstić information content (AvgIpc) is 1.64. The van der Waals surface area contributed by atoms with Gasteiger partial charge in [-0.1, -0.05) is 0 Å². The maximum Gasteiger partial charge on any atom is 0.349 e. The SMILES string of the molecule is [B-]C1(F)COC1(F)F. The van der Waals surface area contributed by atoms with Crippen LogP contribution >= 0.6 is 0 Å². The van der Waals surface area contributed by atoms with Gasteiger partial charge in [0.1, 0.15) is 0 Å². The van der Waals surface area contributed by atoms with E-state index >= 15 is 0 Å². The predicted octanol–water partition coefficient (Wildman–Crippen LogP) is 0.444. The highest BCUT2D eigenvalue weighted by molar-refractivity contribution is 6.15. The van der Waals surface area contributed by atoms with Crippen molar-refractivity contribution in [1.82, 2.24) is 0 Å². The van der Waals surface area contributed by atoms with Gasteiger partial charge in [-0.25, -0.2) is 0 Å². The van der Waals surface area contributed by atoms with Crippen LogP contribution in [0.1, 0.15) is 0 Å². The van der Waals surface area contributed by atoms with Gasteiger partial charge in [0.15, 0.2) is 0 Å². The molecule has 0 amide bonds. The Hall–Kier alpha value is -0.185. The Morgan fingerprint density at radius 3 is 1.75 bits per heavy atom. The number of ether oxygens (including phenoxy) is 1. The van der Waals surface area contributed by atoms with Crippen LogP contribution in [-0.2, 0) is 4.74 Å². The van der Waals surface area contributed by atoms with Crippen molar-refractivity contribution in [3.63, 3.8) is 0 Å². The quantitative estimate of drug-likeness (QED) is 0.423. The van der Waals surface area contributed by atoms with Gasteiger partial charge in [-0.2, -0.15) is 8.78 Å². The smallest absolute Gasteiger partial charge is 0.349 e. The van der Waals surface area contributed by atoms with Gasteiger partial charge in [0.25, 0.3) is 0 Å². The standard InChI is InChI=1S/C3H2BF3O/c4-2(5)1-8-3(2,6)7/h1H2/q-1. The summed E-state index contributed by atoms with van der Waals surface area (Å²) in [6.45, 7) is -0.722. The summed E-state index contributed by atoms with van der Waals surface area (Å²) in [6, 6.07) is 0. The molecule has 1 atom stereocenters. The molecule has 0 bridgehead atoms. The van der Waals surface area contributed by atoms with Crippen LogP contribution in [-0.4, -0.2) is 26.1 Å². The predicted molar refractivity (Wildman–Crippen MR) is 20.5 cm³/mol. The van der Waals surface area contributed by atoms with Gasteiger partial charge in [-0.15, -0.1) is 0 Å². The first-order valence-electron chi connectivity index (χ1n) is 1.95. The van der Waals surface area contributed by atoms with E-state index in [0.29, 0.717) is 0 Å². The van der Waals surface area contributed by atoms with Crippen molar-refractivity contribution in [3.8, 4) is 0 Å². The highest BCUT2D eigenvalue weighted by Gasteiger charge is 2.52. The van der Waals surface area contributed by atoms with Crippen LogP contribution in [0.15, 0.2) is 0 Å². The molecule has 0 saturated carbocycles. The van der Waals surface area contributed by atoms with Gasteiger partial charge in [-0.3, -0.25) is 4.39 Å². The summed E-state index contributed by atoms with van der Waals surface area (Å²) in [4.78, 5) is 0. The maximum absolute atomic E-state index is 11.9. The Morgan fingerprint density at radius 1 is 1.38 bits per heavy atom. The van der Waals surface area contributed by atoms with Crippen molar-refractivity contribution in [2.45, 2.75) is 11.7 Å². The minimum Gasteiger partial charge on any atom is -0.557 e. The van der Waals surface area contributed by atoms with Crippen molar-refractivity contribution >= 4 is 7.85 Å². The van der Waals surface area contributed by atoms with E-state index in [9.17, 15) is 13.2 Å². The van der Waals surface area contributed by atoms with E-state index < -0.39 is 18.3 Å². The van der Waals surface area contributed by atoms with E-state index in [0.717, 1.165) is 0 Å². The minimum atomic E-state index is -3.77. The lowest BCUT2D eigenvalue weighted by atomic mass is 9.80. The number of hydrogen-bond donors (Lipinski definition) is 0. The molecule has 0 aromatic heterocycles. The molecule has 8 heavy (non-hydrogen) atoms. The fourth-order valence-corrected chi connectivity index (χ4v) is 0.319. The third-order valence-corrected chi connectivity index (χ3v) is 0.947. The lowest BCUT2D eigenvalue weighted by molar-refractivity contribution is -0.374. The van der Waals surface area contributed by atoms with Crippen LogP contribution in [0.25, 0.3) is 0 Å². The van der Waals surface area contributed by atoms with Crippen LogP contribution in [0.4, 0.5) is 13.2 Å². The molecule has 1 aliphatic heterocycles.